The number of nitrogens with one attached hydrogen (secondary N) is 1. The third-order valence-corrected chi connectivity index (χ3v) is 4.39. The van der Waals surface area contributed by atoms with Crippen LogP contribution >= 0.6 is 0 Å². The molecule has 0 aromatic carbocycles. The topological polar surface area (TPSA) is 39.3 Å². The zero-order chi connectivity index (χ0) is 13.1. The van der Waals surface area contributed by atoms with E-state index >= 15 is 0 Å². The van der Waals surface area contributed by atoms with Crippen LogP contribution in [0.2, 0.25) is 0 Å². The Morgan fingerprint density at radius 2 is 2.05 bits per heavy atom. The molecule has 1 aromatic heterocycles. The summed E-state index contributed by atoms with van der Waals surface area (Å²) in [4.78, 5) is 20.0. The lowest BCUT2D eigenvalue weighted by Gasteiger charge is -2.30. The molecule has 19 heavy (non-hydrogen) atoms. The molecule has 4 heteroatoms. The summed E-state index contributed by atoms with van der Waals surface area (Å²) in [5.41, 5.74) is 1.25. The Morgan fingerprint density at radius 3 is 2.79 bits per heavy atom. The standard InChI is InChI=1S/C15H23N3O/c19-15(17-9-2-1-3-10-17)12-18-11-5-7-14(18)13-6-4-8-16-13/h4,6,8,14,16H,1-3,5,7,9-12H2. The van der Waals surface area contributed by atoms with Crippen molar-refractivity contribution in [3.8, 4) is 0 Å². The van der Waals surface area contributed by atoms with E-state index in [1.165, 1.54) is 31.4 Å². The third-order valence-electron chi connectivity index (χ3n) is 4.39. The smallest absolute Gasteiger partial charge is 0.236 e. The van der Waals surface area contributed by atoms with E-state index < -0.39 is 0 Å². The van der Waals surface area contributed by atoms with Crippen LogP contribution in [0.3, 0.4) is 0 Å². The lowest BCUT2D eigenvalue weighted by Crippen LogP contribution is -2.42. The van der Waals surface area contributed by atoms with Crippen molar-refractivity contribution in [2.75, 3.05) is 26.2 Å². The molecule has 0 aliphatic carbocycles. The molecule has 1 N–H and O–H groups in total. The molecule has 2 aliphatic heterocycles. The van der Waals surface area contributed by atoms with Gasteiger partial charge >= 0.3 is 0 Å². The van der Waals surface area contributed by atoms with Gasteiger partial charge in [-0.15, -0.1) is 0 Å². The third kappa shape index (κ3) is 2.84. The first kappa shape index (κ1) is 12.7. The lowest BCUT2D eigenvalue weighted by atomic mass is 10.1. The number of hydrogen-bond donors (Lipinski definition) is 1. The van der Waals surface area contributed by atoms with Gasteiger partial charge in [0.2, 0.25) is 5.91 Å². The molecule has 1 amide bonds. The van der Waals surface area contributed by atoms with Crippen molar-refractivity contribution in [1.82, 2.24) is 14.8 Å². The Hall–Kier alpha value is -1.29. The largest absolute Gasteiger partial charge is 0.364 e. The zero-order valence-corrected chi connectivity index (χ0v) is 11.5. The van der Waals surface area contributed by atoms with Crippen molar-refractivity contribution in [2.24, 2.45) is 0 Å². The van der Waals surface area contributed by atoms with Gasteiger partial charge in [0.05, 0.1) is 12.6 Å². The summed E-state index contributed by atoms with van der Waals surface area (Å²) in [5, 5.41) is 0. The van der Waals surface area contributed by atoms with E-state index in [0.29, 0.717) is 18.5 Å². The summed E-state index contributed by atoms with van der Waals surface area (Å²) >= 11 is 0. The van der Waals surface area contributed by atoms with E-state index in [9.17, 15) is 4.79 Å². The molecule has 0 spiro atoms. The van der Waals surface area contributed by atoms with Gasteiger partial charge in [0.25, 0.3) is 0 Å². The van der Waals surface area contributed by atoms with Gasteiger partial charge in [-0.1, -0.05) is 0 Å². The van der Waals surface area contributed by atoms with Gasteiger partial charge in [-0.05, 0) is 50.8 Å². The SMILES string of the molecule is O=C(CN1CCCC1c1ccc[nH]1)N1CCCCC1. The Morgan fingerprint density at radius 1 is 1.21 bits per heavy atom. The molecule has 3 heterocycles. The highest BCUT2D eigenvalue weighted by atomic mass is 16.2. The highest BCUT2D eigenvalue weighted by Crippen LogP contribution is 2.30. The second-order valence-corrected chi connectivity index (χ2v) is 5.70. The van der Waals surface area contributed by atoms with Crippen LogP contribution < -0.4 is 0 Å². The summed E-state index contributed by atoms with van der Waals surface area (Å²) in [6, 6.07) is 4.58. The highest BCUT2D eigenvalue weighted by molar-refractivity contribution is 5.78. The van der Waals surface area contributed by atoms with Crippen molar-refractivity contribution in [3.05, 3.63) is 24.0 Å². The van der Waals surface area contributed by atoms with E-state index in [4.69, 9.17) is 0 Å². The number of carbonyl (C=O) groups is 1. The Kier molecular flexibility index (Phi) is 3.87. The number of rotatable bonds is 3. The fraction of sp³-hybridized carbons (Fsp3) is 0.667. The molecule has 0 saturated carbocycles. The molecule has 104 valence electrons. The number of aromatic amines is 1. The molecule has 2 aliphatic rings. The number of amides is 1. The van der Waals surface area contributed by atoms with Crippen LogP contribution in [0.15, 0.2) is 18.3 Å². The molecule has 4 nitrogen and oxygen atoms in total. The molecule has 2 saturated heterocycles. The second kappa shape index (κ2) is 5.78. The molecule has 1 aromatic rings. The Labute approximate surface area is 114 Å². The normalized spacial score (nSPS) is 24.8. The van der Waals surface area contributed by atoms with Crippen molar-refractivity contribution in [2.45, 2.75) is 38.1 Å². The molecular formula is C15H23N3O. The highest BCUT2D eigenvalue weighted by Gasteiger charge is 2.29. The molecule has 1 unspecified atom stereocenters. The van der Waals surface area contributed by atoms with Crippen LogP contribution in [0.5, 0.6) is 0 Å². The fourth-order valence-electron chi connectivity index (χ4n) is 3.34. The van der Waals surface area contributed by atoms with E-state index in [2.05, 4.69) is 16.0 Å². The van der Waals surface area contributed by atoms with E-state index in [1.54, 1.807) is 0 Å². The Balaban J connectivity index is 1.60. The molecule has 1 atom stereocenters. The fourth-order valence-corrected chi connectivity index (χ4v) is 3.34. The van der Waals surface area contributed by atoms with Gasteiger partial charge in [-0.2, -0.15) is 0 Å². The maximum absolute atomic E-state index is 12.3. The summed E-state index contributed by atoms with van der Waals surface area (Å²) in [5.74, 6) is 0.318. The number of hydrogen-bond acceptors (Lipinski definition) is 2. The van der Waals surface area contributed by atoms with Crippen molar-refractivity contribution >= 4 is 5.91 Å². The maximum Gasteiger partial charge on any atom is 0.236 e. The number of likely N-dealkylation sites (tertiary alicyclic amines) is 2. The van der Waals surface area contributed by atoms with Crippen molar-refractivity contribution in [3.63, 3.8) is 0 Å². The lowest BCUT2D eigenvalue weighted by molar-refractivity contribution is -0.133. The van der Waals surface area contributed by atoms with Crippen LogP contribution in [-0.4, -0.2) is 46.9 Å². The number of carbonyl (C=O) groups excluding carboxylic acids is 1. The van der Waals surface area contributed by atoms with Gasteiger partial charge in [0, 0.05) is 25.0 Å². The summed E-state index contributed by atoms with van der Waals surface area (Å²) in [7, 11) is 0. The molecule has 0 bridgehead atoms. The monoisotopic (exact) mass is 261 g/mol. The first-order valence-electron chi connectivity index (χ1n) is 7.50. The summed E-state index contributed by atoms with van der Waals surface area (Å²) in [6.07, 6.45) is 7.94. The van der Waals surface area contributed by atoms with Gasteiger partial charge in [-0.25, -0.2) is 0 Å². The minimum absolute atomic E-state index is 0.318. The van der Waals surface area contributed by atoms with Gasteiger partial charge < -0.3 is 9.88 Å². The van der Waals surface area contributed by atoms with E-state index in [1.807, 2.05) is 17.2 Å². The van der Waals surface area contributed by atoms with Crippen LogP contribution in [0.25, 0.3) is 0 Å². The van der Waals surface area contributed by atoms with Gasteiger partial charge in [0.1, 0.15) is 0 Å². The van der Waals surface area contributed by atoms with Gasteiger partial charge in [0.15, 0.2) is 0 Å². The van der Waals surface area contributed by atoms with E-state index in [-0.39, 0.29) is 0 Å². The quantitative estimate of drug-likeness (QED) is 0.905. The number of aromatic nitrogens is 1. The maximum atomic E-state index is 12.3. The van der Waals surface area contributed by atoms with Crippen LogP contribution in [0, 0.1) is 0 Å². The molecule has 0 radical (unpaired) electrons. The first-order chi connectivity index (χ1) is 9.34. The minimum atomic E-state index is 0.318. The predicted molar refractivity (Wildman–Crippen MR) is 74.8 cm³/mol. The van der Waals surface area contributed by atoms with Gasteiger partial charge in [-0.3, -0.25) is 9.69 Å². The van der Waals surface area contributed by atoms with E-state index in [0.717, 1.165) is 26.1 Å². The minimum Gasteiger partial charge on any atom is -0.364 e. The molecule has 2 fully saturated rings. The summed E-state index contributed by atoms with van der Waals surface area (Å²) < 4.78 is 0. The van der Waals surface area contributed by atoms with Crippen LogP contribution in [-0.2, 0) is 4.79 Å². The van der Waals surface area contributed by atoms with Crippen molar-refractivity contribution in [1.29, 1.82) is 0 Å². The predicted octanol–water partition coefficient (Wildman–Crippen LogP) is 2.16. The number of H-pyrrole nitrogens is 1. The average molecular weight is 261 g/mol. The summed E-state index contributed by atoms with van der Waals surface area (Å²) in [6.45, 7) is 3.55. The second-order valence-electron chi connectivity index (χ2n) is 5.70. The molecule has 3 rings (SSSR count). The number of piperidine rings is 1. The molecular weight excluding hydrogens is 238 g/mol. The van der Waals surface area contributed by atoms with Crippen LogP contribution in [0.1, 0.15) is 43.8 Å². The van der Waals surface area contributed by atoms with Crippen LogP contribution in [0.4, 0.5) is 0 Å². The zero-order valence-electron chi connectivity index (χ0n) is 11.5. The first-order valence-corrected chi connectivity index (χ1v) is 7.50. The average Bonchev–Trinajstić information content (AvgIpc) is 3.10. The van der Waals surface area contributed by atoms with Crippen molar-refractivity contribution < 1.29 is 4.79 Å². The Bertz CT molecular complexity index is 409. The number of nitrogens with zero attached hydrogens (tertiary/aromatic N) is 2.